The number of amides is 1. The van der Waals surface area contributed by atoms with E-state index in [0.29, 0.717) is 6.42 Å². The van der Waals surface area contributed by atoms with Crippen LogP contribution in [0.5, 0.6) is 0 Å². The molecule has 1 N–H and O–H groups in total. The number of nitrogens with one attached hydrogen (secondary N) is 1. The zero-order valence-corrected chi connectivity index (χ0v) is 19.4. The normalized spacial score (nSPS) is 32.5. The lowest BCUT2D eigenvalue weighted by Crippen LogP contribution is -2.71. The molecule has 1 amide bonds. The zero-order chi connectivity index (χ0) is 19.7. The summed E-state index contributed by atoms with van der Waals surface area (Å²) in [6.45, 7) is 4.06. The van der Waals surface area contributed by atoms with E-state index in [1.807, 2.05) is 13.8 Å². The van der Waals surface area contributed by atoms with Gasteiger partial charge in [0.15, 0.2) is 0 Å². The van der Waals surface area contributed by atoms with Crippen LogP contribution in [0.1, 0.15) is 32.3 Å². The first-order chi connectivity index (χ1) is 11.8. The first-order valence-corrected chi connectivity index (χ1v) is 11.1. The maximum absolute atomic E-state index is 13.2. The number of hydrogen-bond donors (Lipinski definition) is 1. The van der Waals surface area contributed by atoms with Gasteiger partial charge in [-0.05, 0) is 36.5 Å². The fourth-order valence-corrected chi connectivity index (χ4v) is 9.81. The first-order valence-electron chi connectivity index (χ1n) is 7.93. The molecule has 0 aromatic heterocycles. The van der Waals surface area contributed by atoms with Crippen LogP contribution in [0.2, 0.25) is 5.02 Å². The van der Waals surface area contributed by atoms with Gasteiger partial charge < -0.3 is 5.32 Å². The number of alkyl halides is 6. The number of rotatable bonds is 3. The highest BCUT2D eigenvalue weighted by atomic mass is 79.9. The van der Waals surface area contributed by atoms with Gasteiger partial charge >= 0.3 is 6.18 Å². The van der Waals surface area contributed by atoms with Gasteiger partial charge in [-0.25, -0.2) is 0 Å². The summed E-state index contributed by atoms with van der Waals surface area (Å²) in [4.78, 5) is 13.1. The summed E-state index contributed by atoms with van der Waals surface area (Å²) in [6, 6.07) is 2.94. The molecule has 2 bridgehead atoms. The molecule has 26 heavy (non-hydrogen) atoms. The average Bonchev–Trinajstić information content (AvgIpc) is 2.98. The van der Waals surface area contributed by atoms with Crippen molar-refractivity contribution in [2.24, 2.45) is 16.2 Å². The minimum absolute atomic E-state index is 0.0162. The summed E-state index contributed by atoms with van der Waals surface area (Å²) in [5.41, 5.74) is -2.11. The van der Waals surface area contributed by atoms with Crippen LogP contribution in [0.3, 0.4) is 0 Å². The molecule has 3 unspecified atom stereocenters. The minimum atomic E-state index is -4.50. The van der Waals surface area contributed by atoms with E-state index in [-0.39, 0.29) is 36.0 Å². The smallest absolute Gasteiger partial charge is 0.324 e. The Hall–Kier alpha value is 0.210. The summed E-state index contributed by atoms with van der Waals surface area (Å²) in [5.74, 6) is -0.306. The minimum Gasteiger partial charge on any atom is -0.324 e. The SMILES string of the molecule is CC1(C)C2(C(=O)Nc3cc(C(F)(F)F)ccc3Cl)CCC1(C(Br)Br)C2Br. The van der Waals surface area contributed by atoms with Crippen molar-refractivity contribution in [2.45, 2.75) is 41.4 Å². The van der Waals surface area contributed by atoms with Crippen LogP contribution in [0, 0.1) is 16.2 Å². The highest BCUT2D eigenvalue weighted by Crippen LogP contribution is 2.82. The summed E-state index contributed by atoms with van der Waals surface area (Å²) in [5, 5.41) is 2.73. The average molecular weight is 582 g/mol. The van der Waals surface area contributed by atoms with Gasteiger partial charge in [0.1, 0.15) is 0 Å². The third-order valence-corrected chi connectivity index (χ3v) is 10.00. The van der Waals surface area contributed by atoms with Crippen molar-refractivity contribution >= 4 is 71.0 Å². The second-order valence-corrected chi connectivity index (χ2v) is 11.8. The third-order valence-electron chi connectivity index (χ3n) is 6.43. The van der Waals surface area contributed by atoms with Crippen LogP contribution in [-0.2, 0) is 11.0 Å². The van der Waals surface area contributed by atoms with Gasteiger partial charge in [-0.15, -0.1) is 0 Å². The maximum atomic E-state index is 13.2. The quantitative estimate of drug-likeness (QED) is 0.383. The Balaban J connectivity index is 1.93. The van der Waals surface area contributed by atoms with Crippen molar-refractivity contribution in [3.63, 3.8) is 0 Å². The fraction of sp³-hybridized carbons (Fsp3) is 0.588. The molecule has 4 rings (SSSR count). The number of anilines is 1. The zero-order valence-electron chi connectivity index (χ0n) is 13.9. The molecule has 144 valence electrons. The standard InChI is InChI=1S/C17H16Br3ClF3NO/c1-14(2)15(12(19)20)5-6-16(14,11(15)18)13(26)25-10-7-8(17(22,23)24)3-4-9(10)21/h3-4,7,11-12H,5-6H2,1-2H3,(H,25,26). The molecular weight excluding hydrogens is 566 g/mol. The van der Waals surface area contributed by atoms with E-state index in [1.54, 1.807) is 0 Å². The van der Waals surface area contributed by atoms with E-state index in [2.05, 4.69) is 53.1 Å². The molecule has 3 aliphatic rings. The Morgan fingerprint density at radius 2 is 1.92 bits per heavy atom. The molecule has 3 aliphatic carbocycles. The van der Waals surface area contributed by atoms with Gasteiger partial charge in [0, 0.05) is 10.2 Å². The molecule has 0 saturated heterocycles. The first kappa shape index (κ1) is 20.9. The predicted molar refractivity (Wildman–Crippen MR) is 107 cm³/mol. The monoisotopic (exact) mass is 579 g/mol. The predicted octanol–water partition coefficient (Wildman–Crippen LogP) is 6.98. The Morgan fingerprint density at radius 3 is 2.38 bits per heavy atom. The maximum Gasteiger partial charge on any atom is 0.416 e. The van der Waals surface area contributed by atoms with Crippen LogP contribution in [0.25, 0.3) is 0 Å². The van der Waals surface area contributed by atoms with Gasteiger partial charge in [-0.3, -0.25) is 4.79 Å². The molecule has 0 spiro atoms. The lowest BCUT2D eigenvalue weighted by Gasteiger charge is -2.66. The van der Waals surface area contributed by atoms with Crippen LogP contribution >= 0.6 is 59.4 Å². The van der Waals surface area contributed by atoms with Crippen LogP contribution in [-0.4, -0.2) is 14.5 Å². The second kappa shape index (κ2) is 6.36. The van der Waals surface area contributed by atoms with E-state index < -0.39 is 17.2 Å². The number of fused-ring (bicyclic) bond motifs is 1. The largest absolute Gasteiger partial charge is 0.416 e. The van der Waals surface area contributed by atoms with E-state index in [1.165, 1.54) is 0 Å². The highest BCUT2D eigenvalue weighted by molar-refractivity contribution is 9.24. The molecule has 3 fully saturated rings. The van der Waals surface area contributed by atoms with E-state index in [9.17, 15) is 18.0 Å². The van der Waals surface area contributed by atoms with Crippen LogP contribution in [0.15, 0.2) is 18.2 Å². The Labute approximate surface area is 180 Å². The Bertz CT molecular complexity index is 770. The lowest BCUT2D eigenvalue weighted by atomic mass is 9.43. The fourth-order valence-electron chi connectivity index (χ4n) is 4.73. The van der Waals surface area contributed by atoms with E-state index >= 15 is 0 Å². The number of carbonyl (C=O) groups excluding carboxylic acids is 1. The van der Waals surface area contributed by atoms with Gasteiger partial charge in [0.05, 0.1) is 25.4 Å². The van der Waals surface area contributed by atoms with Gasteiger partial charge in [0.25, 0.3) is 0 Å². The van der Waals surface area contributed by atoms with Crippen molar-refractivity contribution in [1.29, 1.82) is 0 Å². The summed E-state index contributed by atoms with van der Waals surface area (Å²) in [6.07, 6.45) is -3.04. The molecule has 9 heteroatoms. The second-order valence-electron chi connectivity index (χ2n) is 7.45. The number of carbonyl (C=O) groups is 1. The van der Waals surface area contributed by atoms with Crippen molar-refractivity contribution < 1.29 is 18.0 Å². The molecule has 0 aliphatic heterocycles. The molecule has 1 aromatic rings. The van der Waals surface area contributed by atoms with Crippen LogP contribution < -0.4 is 5.32 Å². The van der Waals surface area contributed by atoms with Crippen LogP contribution in [0.4, 0.5) is 18.9 Å². The number of hydrogen-bond acceptors (Lipinski definition) is 1. The Kier molecular flexibility index (Phi) is 5.12. The molecule has 3 atom stereocenters. The van der Waals surface area contributed by atoms with Gasteiger partial charge in [-0.1, -0.05) is 73.2 Å². The van der Waals surface area contributed by atoms with Gasteiger partial charge in [-0.2, -0.15) is 13.2 Å². The summed E-state index contributed by atoms with van der Waals surface area (Å²) < 4.78 is 38.9. The molecule has 1 aromatic carbocycles. The summed E-state index contributed by atoms with van der Waals surface area (Å²) in [7, 11) is 0. The van der Waals surface area contributed by atoms with E-state index in [4.69, 9.17) is 11.6 Å². The van der Waals surface area contributed by atoms with Gasteiger partial charge in [0.2, 0.25) is 5.91 Å². The Morgan fingerprint density at radius 1 is 1.31 bits per heavy atom. The highest BCUT2D eigenvalue weighted by Gasteiger charge is 2.83. The number of benzene rings is 1. The van der Waals surface area contributed by atoms with Crippen molar-refractivity contribution in [3.8, 4) is 0 Å². The third kappa shape index (κ3) is 2.50. The molecule has 0 radical (unpaired) electrons. The summed E-state index contributed by atoms with van der Waals surface area (Å²) >= 11 is 16.9. The van der Waals surface area contributed by atoms with Crippen molar-refractivity contribution in [3.05, 3.63) is 28.8 Å². The van der Waals surface area contributed by atoms with Crippen molar-refractivity contribution in [1.82, 2.24) is 0 Å². The molecule has 0 heterocycles. The van der Waals surface area contributed by atoms with E-state index in [0.717, 1.165) is 24.6 Å². The molecular formula is C17H16Br3ClF3NO. The topological polar surface area (TPSA) is 29.1 Å². The number of halogens is 7. The molecule has 3 saturated carbocycles. The lowest BCUT2D eigenvalue weighted by molar-refractivity contribution is -0.155. The van der Waals surface area contributed by atoms with Crippen molar-refractivity contribution in [2.75, 3.05) is 5.32 Å². The molecule has 2 nitrogen and oxygen atoms in total.